The van der Waals surface area contributed by atoms with E-state index >= 15 is 0 Å². The van der Waals surface area contributed by atoms with Gasteiger partial charge in [-0.25, -0.2) is 0 Å². The minimum atomic E-state index is -0.139. The molecule has 31 heavy (non-hydrogen) atoms. The maximum atomic E-state index is 13.3. The van der Waals surface area contributed by atoms with Gasteiger partial charge < -0.3 is 19.7 Å². The topological polar surface area (TPSA) is 71.1 Å². The van der Waals surface area contributed by atoms with Gasteiger partial charge in [-0.2, -0.15) is 0 Å². The van der Waals surface area contributed by atoms with E-state index in [0.717, 1.165) is 19.0 Å². The highest BCUT2D eigenvalue weighted by atomic mass is 16.5. The van der Waals surface area contributed by atoms with Crippen molar-refractivity contribution in [2.45, 2.75) is 52.2 Å². The first kappa shape index (κ1) is 23.5. The highest BCUT2D eigenvalue weighted by Gasteiger charge is 2.31. The molecule has 0 bridgehead atoms. The van der Waals surface area contributed by atoms with Crippen LogP contribution in [0.5, 0.6) is 5.75 Å². The predicted octanol–water partition coefficient (Wildman–Crippen LogP) is 3.25. The van der Waals surface area contributed by atoms with Gasteiger partial charge in [0.25, 0.3) is 5.91 Å². The van der Waals surface area contributed by atoms with Crippen LogP contribution in [0.4, 0.5) is 5.69 Å². The molecular formula is C24H37N3O4. The number of fused-ring (bicyclic) bond motifs is 1. The summed E-state index contributed by atoms with van der Waals surface area (Å²) < 4.78 is 12.0. The molecule has 1 aliphatic heterocycles. The van der Waals surface area contributed by atoms with Crippen molar-refractivity contribution in [3.8, 4) is 5.75 Å². The van der Waals surface area contributed by atoms with E-state index in [9.17, 15) is 9.59 Å². The zero-order chi connectivity index (χ0) is 22.5. The summed E-state index contributed by atoms with van der Waals surface area (Å²) in [6.07, 6.45) is 2.93. The van der Waals surface area contributed by atoms with Crippen molar-refractivity contribution in [1.82, 2.24) is 9.80 Å². The molecule has 0 unspecified atom stereocenters. The maximum Gasteiger partial charge on any atom is 0.257 e. The number of nitrogens with one attached hydrogen (secondary N) is 1. The fourth-order valence-corrected chi connectivity index (χ4v) is 4.07. The van der Waals surface area contributed by atoms with Crippen molar-refractivity contribution in [2.24, 2.45) is 11.8 Å². The van der Waals surface area contributed by atoms with Gasteiger partial charge in [0.05, 0.1) is 11.7 Å². The molecule has 1 aromatic carbocycles. The number of amides is 2. The van der Waals surface area contributed by atoms with Gasteiger partial charge in [0.1, 0.15) is 12.4 Å². The zero-order valence-corrected chi connectivity index (χ0v) is 19.5. The SMILES string of the molecule is CCC(=O)Nc1ccc2c(c1)C(=O)N(C)C[C@H](OC)[C@@H](C)CN(CC1CC1)[C@@H](C)CO2. The van der Waals surface area contributed by atoms with Gasteiger partial charge in [-0.1, -0.05) is 13.8 Å². The second kappa shape index (κ2) is 10.5. The number of benzene rings is 1. The van der Waals surface area contributed by atoms with Crippen LogP contribution in [-0.2, 0) is 9.53 Å². The Morgan fingerprint density at radius 3 is 2.65 bits per heavy atom. The van der Waals surface area contributed by atoms with E-state index in [2.05, 4.69) is 24.1 Å². The average Bonchev–Trinajstić information content (AvgIpc) is 3.58. The Hall–Kier alpha value is -2.12. The summed E-state index contributed by atoms with van der Waals surface area (Å²) in [5.74, 6) is 1.37. The van der Waals surface area contributed by atoms with E-state index < -0.39 is 0 Å². The molecule has 1 fully saturated rings. The third kappa shape index (κ3) is 6.20. The number of nitrogens with zero attached hydrogens (tertiary/aromatic N) is 2. The van der Waals surface area contributed by atoms with Crippen molar-refractivity contribution in [3.63, 3.8) is 0 Å². The van der Waals surface area contributed by atoms with Crippen molar-refractivity contribution < 1.29 is 19.1 Å². The Bertz CT molecular complexity index is 780. The Morgan fingerprint density at radius 2 is 2.00 bits per heavy atom. The first-order valence-corrected chi connectivity index (χ1v) is 11.4. The molecule has 2 aliphatic rings. The molecule has 2 amide bonds. The first-order chi connectivity index (χ1) is 14.8. The smallest absolute Gasteiger partial charge is 0.257 e. The summed E-state index contributed by atoms with van der Waals surface area (Å²) in [5.41, 5.74) is 1.06. The van der Waals surface area contributed by atoms with E-state index in [4.69, 9.17) is 9.47 Å². The molecule has 3 rings (SSSR count). The highest BCUT2D eigenvalue weighted by molar-refractivity contribution is 5.99. The third-order valence-corrected chi connectivity index (χ3v) is 6.37. The number of hydrogen-bond acceptors (Lipinski definition) is 5. The van der Waals surface area contributed by atoms with Crippen LogP contribution in [0.25, 0.3) is 0 Å². The fourth-order valence-electron chi connectivity index (χ4n) is 4.07. The molecule has 7 nitrogen and oxygen atoms in total. The molecule has 3 atom stereocenters. The molecule has 1 aromatic rings. The molecule has 1 N–H and O–H groups in total. The Balaban J connectivity index is 1.90. The first-order valence-electron chi connectivity index (χ1n) is 11.4. The molecule has 1 saturated carbocycles. The van der Waals surface area contributed by atoms with Crippen LogP contribution in [0.1, 0.15) is 50.4 Å². The molecule has 0 aromatic heterocycles. The Morgan fingerprint density at radius 1 is 1.26 bits per heavy atom. The van der Waals surface area contributed by atoms with E-state index in [0.29, 0.717) is 36.6 Å². The summed E-state index contributed by atoms with van der Waals surface area (Å²) in [7, 11) is 3.51. The monoisotopic (exact) mass is 431 g/mol. The van der Waals surface area contributed by atoms with E-state index in [1.807, 2.05) is 0 Å². The van der Waals surface area contributed by atoms with Gasteiger partial charge in [0.15, 0.2) is 0 Å². The minimum absolute atomic E-state index is 0.0605. The predicted molar refractivity (Wildman–Crippen MR) is 122 cm³/mol. The van der Waals surface area contributed by atoms with Crippen LogP contribution in [0.3, 0.4) is 0 Å². The molecular weight excluding hydrogens is 394 g/mol. The largest absolute Gasteiger partial charge is 0.491 e. The van der Waals surface area contributed by atoms with Gasteiger partial charge in [0, 0.05) is 51.9 Å². The summed E-state index contributed by atoms with van der Waals surface area (Å²) in [4.78, 5) is 29.3. The van der Waals surface area contributed by atoms with Gasteiger partial charge >= 0.3 is 0 Å². The number of carbonyl (C=O) groups is 2. The van der Waals surface area contributed by atoms with Gasteiger partial charge in [-0.3, -0.25) is 14.5 Å². The lowest BCUT2D eigenvalue weighted by molar-refractivity contribution is -0.115. The molecule has 172 valence electrons. The van der Waals surface area contributed by atoms with Crippen LogP contribution in [0, 0.1) is 11.8 Å². The van der Waals surface area contributed by atoms with Gasteiger partial charge in [-0.05, 0) is 49.8 Å². The number of likely N-dealkylation sites (N-methyl/N-ethyl adjacent to an activating group) is 1. The van der Waals surface area contributed by atoms with Crippen LogP contribution in [-0.4, -0.2) is 74.2 Å². The number of hydrogen-bond donors (Lipinski definition) is 1. The summed E-state index contributed by atoms with van der Waals surface area (Å²) in [5, 5.41) is 2.84. The van der Waals surface area contributed by atoms with Crippen molar-refractivity contribution in [3.05, 3.63) is 23.8 Å². The number of rotatable bonds is 5. The van der Waals surface area contributed by atoms with Gasteiger partial charge in [0.2, 0.25) is 5.91 Å². The average molecular weight is 432 g/mol. The standard InChI is InChI=1S/C24H37N3O4/c1-6-23(28)25-19-9-10-21-20(11-19)24(29)26(4)14-22(30-5)16(2)12-27(13-18-7-8-18)17(3)15-31-21/h9-11,16-18,22H,6-8,12-15H2,1-5H3,(H,25,28)/t16-,17-,22-/m0/s1. The van der Waals surface area contributed by atoms with Gasteiger partial charge in [-0.15, -0.1) is 0 Å². The summed E-state index contributed by atoms with van der Waals surface area (Å²) in [6, 6.07) is 5.51. The number of carbonyl (C=O) groups excluding carboxylic acids is 2. The maximum absolute atomic E-state index is 13.3. The molecule has 1 heterocycles. The Kier molecular flexibility index (Phi) is 7.94. The second-order valence-corrected chi connectivity index (χ2v) is 9.11. The minimum Gasteiger partial charge on any atom is -0.491 e. The lowest BCUT2D eigenvalue weighted by atomic mass is 10.0. The van der Waals surface area contributed by atoms with Crippen molar-refractivity contribution >= 4 is 17.5 Å². The van der Waals surface area contributed by atoms with Crippen molar-refractivity contribution in [2.75, 3.05) is 45.7 Å². The molecule has 0 radical (unpaired) electrons. The van der Waals surface area contributed by atoms with Crippen LogP contribution >= 0.6 is 0 Å². The fraction of sp³-hybridized carbons (Fsp3) is 0.667. The third-order valence-electron chi connectivity index (χ3n) is 6.37. The van der Waals surface area contributed by atoms with E-state index in [1.54, 1.807) is 44.2 Å². The lowest BCUT2D eigenvalue weighted by Crippen LogP contribution is -2.47. The second-order valence-electron chi connectivity index (χ2n) is 9.11. The molecule has 0 spiro atoms. The van der Waals surface area contributed by atoms with E-state index in [1.165, 1.54) is 12.8 Å². The highest BCUT2D eigenvalue weighted by Crippen LogP contribution is 2.31. The quantitative estimate of drug-likeness (QED) is 0.775. The van der Waals surface area contributed by atoms with Crippen LogP contribution in [0.15, 0.2) is 18.2 Å². The number of ether oxygens (including phenoxy) is 2. The Labute approximate surface area is 186 Å². The van der Waals surface area contributed by atoms with E-state index in [-0.39, 0.29) is 29.9 Å². The summed E-state index contributed by atoms with van der Waals surface area (Å²) in [6.45, 7) is 9.16. The molecule has 0 saturated heterocycles. The van der Waals surface area contributed by atoms with Crippen LogP contribution < -0.4 is 10.1 Å². The summed E-state index contributed by atoms with van der Waals surface area (Å²) >= 11 is 0. The molecule has 1 aliphatic carbocycles. The number of methoxy groups -OCH3 is 1. The zero-order valence-electron chi connectivity index (χ0n) is 19.5. The lowest BCUT2D eigenvalue weighted by Gasteiger charge is -2.36. The van der Waals surface area contributed by atoms with Crippen LogP contribution in [0.2, 0.25) is 0 Å². The normalized spacial score (nSPS) is 25.8. The number of anilines is 1. The molecule has 7 heteroatoms. The van der Waals surface area contributed by atoms with Crippen molar-refractivity contribution in [1.29, 1.82) is 0 Å².